The van der Waals surface area contributed by atoms with Crippen LogP contribution in [0.1, 0.15) is 17.5 Å². The van der Waals surface area contributed by atoms with Gasteiger partial charge in [0.1, 0.15) is 5.75 Å². The van der Waals surface area contributed by atoms with E-state index >= 15 is 0 Å². The molecule has 0 spiro atoms. The zero-order chi connectivity index (χ0) is 14.9. The van der Waals surface area contributed by atoms with Crippen LogP contribution in [0.15, 0.2) is 53.5 Å². The van der Waals surface area contributed by atoms with E-state index in [2.05, 4.69) is 9.18 Å². The molecule has 0 atom stereocenters. The number of hydrogen-bond donors (Lipinski definition) is 1. The fourth-order valence-corrected chi connectivity index (χ4v) is 2.71. The van der Waals surface area contributed by atoms with Gasteiger partial charge in [-0.2, -0.15) is 13.6 Å². The fourth-order valence-electron chi connectivity index (χ4n) is 2.34. The highest BCUT2D eigenvalue weighted by Crippen LogP contribution is 2.31. The maximum atomic E-state index is 11.0. The van der Waals surface area contributed by atoms with Gasteiger partial charge in [0.2, 0.25) is 0 Å². The molecule has 0 aromatic heterocycles. The largest absolute Gasteiger partial charge is 0.380 e. The molecule has 1 aliphatic rings. The maximum Gasteiger partial charge on any atom is 0.380 e. The molecule has 0 bridgehead atoms. The average Bonchev–Trinajstić information content (AvgIpc) is 2.46. The van der Waals surface area contributed by atoms with Crippen LogP contribution >= 0.6 is 0 Å². The lowest BCUT2D eigenvalue weighted by molar-refractivity contribution is 0.488. The quantitative estimate of drug-likeness (QED) is 0.944. The third kappa shape index (κ3) is 3.29. The van der Waals surface area contributed by atoms with Crippen molar-refractivity contribution in [3.63, 3.8) is 0 Å². The van der Waals surface area contributed by atoms with Crippen molar-refractivity contribution in [2.45, 2.75) is 12.8 Å². The molecule has 2 aromatic carbocycles. The standard InChI is InChI=1S/C15H14N2O3S/c16-21(18,19)20-13-8-6-12-7-9-14(17-15(12)10-13)11-4-2-1-3-5-11/h1-6,8,10H,7,9H2,(H2,16,18,19). The summed E-state index contributed by atoms with van der Waals surface area (Å²) in [5, 5.41) is 4.88. The second-order valence-electron chi connectivity index (χ2n) is 4.79. The van der Waals surface area contributed by atoms with Gasteiger partial charge in [0, 0.05) is 11.8 Å². The van der Waals surface area contributed by atoms with Gasteiger partial charge in [0.15, 0.2) is 0 Å². The molecule has 0 aliphatic carbocycles. The molecule has 6 heteroatoms. The summed E-state index contributed by atoms with van der Waals surface area (Å²) < 4.78 is 26.6. The van der Waals surface area contributed by atoms with Crippen LogP contribution in [-0.4, -0.2) is 14.1 Å². The molecule has 3 rings (SSSR count). The van der Waals surface area contributed by atoms with Gasteiger partial charge in [0.05, 0.1) is 5.69 Å². The number of aliphatic imine (C=N–C) groups is 1. The highest BCUT2D eigenvalue weighted by Gasteiger charge is 2.15. The molecule has 0 amide bonds. The summed E-state index contributed by atoms with van der Waals surface area (Å²) >= 11 is 0. The first-order valence-corrected chi connectivity index (χ1v) is 7.96. The first kappa shape index (κ1) is 13.8. The predicted octanol–water partition coefficient (Wildman–Crippen LogP) is 2.34. The van der Waals surface area contributed by atoms with Crippen LogP contribution in [-0.2, 0) is 16.7 Å². The first-order chi connectivity index (χ1) is 10.0. The van der Waals surface area contributed by atoms with Crippen LogP contribution in [0, 0.1) is 0 Å². The number of rotatable bonds is 3. The Morgan fingerprint density at radius 3 is 2.52 bits per heavy atom. The van der Waals surface area contributed by atoms with Crippen molar-refractivity contribution in [2.24, 2.45) is 10.1 Å². The van der Waals surface area contributed by atoms with Gasteiger partial charge in [-0.1, -0.05) is 36.4 Å². The third-order valence-corrected chi connectivity index (χ3v) is 3.69. The second-order valence-corrected chi connectivity index (χ2v) is 5.94. The maximum absolute atomic E-state index is 11.0. The summed E-state index contributed by atoms with van der Waals surface area (Å²) in [6, 6.07) is 14.9. The van der Waals surface area contributed by atoms with Gasteiger partial charge in [-0.25, -0.2) is 0 Å². The summed E-state index contributed by atoms with van der Waals surface area (Å²) in [5.74, 6) is 0.175. The molecule has 0 fully saturated rings. The Balaban J connectivity index is 1.97. The Kier molecular flexibility index (Phi) is 3.48. The van der Waals surface area contributed by atoms with E-state index in [-0.39, 0.29) is 5.75 Å². The number of nitrogens with zero attached hydrogens (tertiary/aromatic N) is 1. The van der Waals surface area contributed by atoms with E-state index in [1.165, 1.54) is 0 Å². The Labute approximate surface area is 123 Å². The molecule has 2 N–H and O–H groups in total. The van der Waals surface area contributed by atoms with E-state index in [0.717, 1.165) is 35.4 Å². The van der Waals surface area contributed by atoms with Crippen molar-refractivity contribution < 1.29 is 12.6 Å². The molecule has 1 heterocycles. The third-order valence-electron chi connectivity index (χ3n) is 3.26. The normalized spacial score (nSPS) is 14.2. The van der Waals surface area contributed by atoms with Crippen LogP contribution in [0.5, 0.6) is 5.75 Å². The van der Waals surface area contributed by atoms with Crippen LogP contribution in [0.2, 0.25) is 0 Å². The minimum absolute atomic E-state index is 0.175. The van der Waals surface area contributed by atoms with E-state index in [1.807, 2.05) is 36.4 Å². The fraction of sp³-hybridized carbons (Fsp3) is 0.133. The highest BCUT2D eigenvalue weighted by molar-refractivity contribution is 7.84. The van der Waals surface area contributed by atoms with E-state index < -0.39 is 10.3 Å². The highest BCUT2D eigenvalue weighted by atomic mass is 32.2. The lowest BCUT2D eigenvalue weighted by Crippen LogP contribution is -2.19. The predicted molar refractivity (Wildman–Crippen MR) is 81.1 cm³/mol. The average molecular weight is 302 g/mol. The van der Waals surface area contributed by atoms with E-state index in [9.17, 15) is 8.42 Å². The Hall–Kier alpha value is -2.18. The Bertz CT molecular complexity index is 799. The summed E-state index contributed by atoms with van der Waals surface area (Å²) in [5.41, 5.74) is 3.84. The van der Waals surface area contributed by atoms with Crippen molar-refractivity contribution in [1.82, 2.24) is 0 Å². The van der Waals surface area contributed by atoms with E-state index in [0.29, 0.717) is 0 Å². The molecule has 0 unspecified atom stereocenters. The summed E-state index contributed by atoms with van der Waals surface area (Å²) in [6.45, 7) is 0. The van der Waals surface area contributed by atoms with Crippen molar-refractivity contribution in [3.8, 4) is 5.75 Å². The molecular formula is C15H14N2O3S. The molecule has 0 radical (unpaired) electrons. The van der Waals surface area contributed by atoms with Crippen molar-refractivity contribution >= 4 is 21.7 Å². The SMILES string of the molecule is NS(=O)(=O)Oc1ccc2c(c1)N=C(c1ccccc1)CC2. The zero-order valence-corrected chi connectivity index (χ0v) is 12.0. The Morgan fingerprint density at radius 1 is 1.05 bits per heavy atom. The zero-order valence-electron chi connectivity index (χ0n) is 11.2. The monoisotopic (exact) mass is 302 g/mol. The summed E-state index contributed by atoms with van der Waals surface area (Å²) in [4.78, 5) is 4.61. The molecule has 21 heavy (non-hydrogen) atoms. The van der Waals surface area contributed by atoms with E-state index in [1.54, 1.807) is 12.1 Å². The lowest BCUT2D eigenvalue weighted by Gasteiger charge is -2.16. The molecule has 108 valence electrons. The number of hydrogen-bond acceptors (Lipinski definition) is 4. The summed E-state index contributed by atoms with van der Waals surface area (Å²) in [7, 11) is -4.02. The number of aryl methyl sites for hydroxylation is 1. The second kappa shape index (κ2) is 5.31. The molecule has 1 aliphatic heterocycles. The molecule has 0 saturated carbocycles. The van der Waals surface area contributed by atoms with Gasteiger partial charge in [0.25, 0.3) is 0 Å². The molecule has 2 aromatic rings. The van der Waals surface area contributed by atoms with Crippen LogP contribution < -0.4 is 9.32 Å². The minimum Gasteiger partial charge on any atom is -0.371 e. The van der Waals surface area contributed by atoms with Crippen LogP contribution in [0.3, 0.4) is 0 Å². The van der Waals surface area contributed by atoms with Gasteiger partial charge in [-0.05, 0) is 30.0 Å². The van der Waals surface area contributed by atoms with E-state index in [4.69, 9.17) is 5.14 Å². The number of fused-ring (bicyclic) bond motifs is 1. The van der Waals surface area contributed by atoms with Gasteiger partial charge in [-0.15, -0.1) is 0 Å². The van der Waals surface area contributed by atoms with Gasteiger partial charge >= 0.3 is 10.3 Å². The smallest absolute Gasteiger partial charge is 0.371 e. The van der Waals surface area contributed by atoms with Gasteiger partial charge < -0.3 is 4.18 Å². The van der Waals surface area contributed by atoms with Crippen LogP contribution in [0.25, 0.3) is 0 Å². The lowest BCUT2D eigenvalue weighted by atomic mass is 9.97. The Morgan fingerprint density at radius 2 is 1.81 bits per heavy atom. The van der Waals surface area contributed by atoms with Crippen molar-refractivity contribution in [2.75, 3.05) is 0 Å². The van der Waals surface area contributed by atoms with Crippen molar-refractivity contribution in [1.29, 1.82) is 0 Å². The first-order valence-electron chi connectivity index (χ1n) is 6.49. The molecule has 5 nitrogen and oxygen atoms in total. The van der Waals surface area contributed by atoms with Crippen molar-refractivity contribution in [3.05, 3.63) is 59.7 Å². The molecule has 0 saturated heterocycles. The minimum atomic E-state index is -4.02. The summed E-state index contributed by atoms with van der Waals surface area (Å²) in [6.07, 6.45) is 1.71. The number of benzene rings is 2. The topological polar surface area (TPSA) is 81.8 Å². The molecular weight excluding hydrogens is 288 g/mol. The van der Waals surface area contributed by atoms with Crippen LogP contribution in [0.4, 0.5) is 5.69 Å². The number of nitrogens with two attached hydrogens (primary N) is 1. The van der Waals surface area contributed by atoms with Gasteiger partial charge in [-0.3, -0.25) is 4.99 Å².